The lowest BCUT2D eigenvalue weighted by Crippen LogP contribution is -2.35. The van der Waals surface area contributed by atoms with E-state index in [9.17, 15) is 9.59 Å². The molecule has 0 aliphatic heterocycles. The van der Waals surface area contributed by atoms with E-state index in [1.165, 1.54) is 6.08 Å². The summed E-state index contributed by atoms with van der Waals surface area (Å²) in [6, 6.07) is -1.08. The molecule has 0 aromatic carbocycles. The molecule has 1 atom stereocenters. The van der Waals surface area contributed by atoms with Crippen LogP contribution in [0.25, 0.3) is 0 Å². The molecule has 1 rings (SSSR count). The van der Waals surface area contributed by atoms with Gasteiger partial charge in [-0.25, -0.2) is 10.1 Å². The van der Waals surface area contributed by atoms with Crippen molar-refractivity contribution in [3.63, 3.8) is 0 Å². The second-order valence-electron chi connectivity index (χ2n) is 3.47. The first-order chi connectivity index (χ1) is 6.65. The van der Waals surface area contributed by atoms with Gasteiger partial charge in [-0.15, -0.1) is 6.58 Å². The number of carboxylic acids is 1. The van der Waals surface area contributed by atoms with Gasteiger partial charge in [-0.3, -0.25) is 4.79 Å². The minimum Gasteiger partial charge on any atom is -0.479 e. The number of rotatable bonds is 4. The third-order valence-corrected chi connectivity index (χ3v) is 2.45. The van der Waals surface area contributed by atoms with Crippen LogP contribution in [0.2, 0.25) is 0 Å². The zero-order chi connectivity index (χ0) is 10.6. The molecule has 0 bridgehead atoms. The van der Waals surface area contributed by atoms with Crippen LogP contribution < -0.4 is 5.32 Å². The number of carboxylic acid groups (broad SMARTS) is 1. The average molecular weight is 196 g/mol. The molecule has 1 N–H and O–H groups in total. The molecule has 1 saturated carbocycles. The third kappa shape index (κ3) is 2.58. The zero-order valence-corrected chi connectivity index (χ0v) is 7.98. The fraction of sp³-hybridized carbons (Fsp3) is 0.600. The van der Waals surface area contributed by atoms with Crippen LogP contribution in [0.4, 0.5) is 0 Å². The van der Waals surface area contributed by atoms with Crippen LogP contribution in [-0.4, -0.2) is 23.0 Å². The van der Waals surface area contributed by atoms with Gasteiger partial charge in [0.2, 0.25) is 5.91 Å². The Balaban J connectivity index is 2.45. The highest BCUT2D eigenvalue weighted by atomic mass is 16.4. The van der Waals surface area contributed by atoms with Crippen LogP contribution in [0.15, 0.2) is 12.7 Å². The summed E-state index contributed by atoms with van der Waals surface area (Å²) in [5, 5.41) is 12.3. The van der Waals surface area contributed by atoms with Gasteiger partial charge in [-0.1, -0.05) is 18.9 Å². The van der Waals surface area contributed by atoms with E-state index in [1.54, 1.807) is 0 Å². The van der Waals surface area contributed by atoms with Crippen LogP contribution in [-0.2, 0) is 9.59 Å². The second kappa shape index (κ2) is 4.79. The van der Waals surface area contributed by atoms with Crippen LogP contribution in [0, 0.1) is 5.92 Å². The summed E-state index contributed by atoms with van der Waals surface area (Å²) in [7, 11) is 0. The lowest BCUT2D eigenvalue weighted by Gasteiger charge is -2.10. The van der Waals surface area contributed by atoms with E-state index in [4.69, 9.17) is 5.11 Å². The molecule has 0 heterocycles. The van der Waals surface area contributed by atoms with E-state index in [1.807, 2.05) is 0 Å². The molecule has 0 spiro atoms. The molecule has 4 nitrogen and oxygen atoms in total. The number of aliphatic carboxylic acids is 1. The molecule has 1 unspecified atom stereocenters. The van der Waals surface area contributed by atoms with Gasteiger partial charge in [-0.2, -0.15) is 0 Å². The van der Waals surface area contributed by atoms with E-state index in [0.29, 0.717) is 0 Å². The number of carbonyl (C=O) groups excluding carboxylic acids is 1. The highest BCUT2D eigenvalue weighted by Gasteiger charge is 2.27. The van der Waals surface area contributed by atoms with Crippen molar-refractivity contribution in [1.82, 2.24) is 5.32 Å². The van der Waals surface area contributed by atoms with Crippen molar-refractivity contribution in [2.75, 3.05) is 0 Å². The molecule has 77 valence electrons. The normalized spacial score (nSPS) is 18.9. The van der Waals surface area contributed by atoms with Gasteiger partial charge in [0.15, 0.2) is 6.04 Å². The minimum absolute atomic E-state index is 0.0585. The third-order valence-electron chi connectivity index (χ3n) is 2.45. The first-order valence-electron chi connectivity index (χ1n) is 4.75. The molecule has 14 heavy (non-hydrogen) atoms. The first kappa shape index (κ1) is 10.8. The summed E-state index contributed by atoms with van der Waals surface area (Å²) >= 11 is 0. The SMILES string of the molecule is C=CC([N]C(=O)C1CCCC1)C(=O)O. The Morgan fingerprint density at radius 2 is 2.00 bits per heavy atom. The Kier molecular flexibility index (Phi) is 3.68. The van der Waals surface area contributed by atoms with Crippen molar-refractivity contribution in [3.8, 4) is 0 Å². The Hall–Kier alpha value is -1.32. The van der Waals surface area contributed by atoms with E-state index in [0.717, 1.165) is 25.7 Å². The largest absolute Gasteiger partial charge is 0.479 e. The molecule has 1 fully saturated rings. The standard InChI is InChI=1S/C10H14NO3/c1-2-8(10(13)14)11-9(12)7-5-3-4-6-7/h2,7-8H,1,3-6H2,(H,13,14). The first-order valence-corrected chi connectivity index (χ1v) is 4.75. The predicted octanol–water partition coefficient (Wildman–Crippen LogP) is 0.947. The van der Waals surface area contributed by atoms with Gasteiger partial charge >= 0.3 is 5.97 Å². The van der Waals surface area contributed by atoms with Gasteiger partial charge in [-0.05, 0) is 12.8 Å². The molecule has 1 aliphatic carbocycles. The summed E-state index contributed by atoms with van der Waals surface area (Å²) in [4.78, 5) is 22.0. The fourth-order valence-corrected chi connectivity index (χ4v) is 1.62. The fourth-order valence-electron chi connectivity index (χ4n) is 1.62. The van der Waals surface area contributed by atoms with Crippen molar-refractivity contribution >= 4 is 11.9 Å². The Bertz CT molecular complexity index is 244. The van der Waals surface area contributed by atoms with Crippen LogP contribution in [0.5, 0.6) is 0 Å². The van der Waals surface area contributed by atoms with Gasteiger partial charge in [0.25, 0.3) is 0 Å². The molecule has 0 saturated heterocycles. The number of hydrogen-bond donors (Lipinski definition) is 1. The van der Waals surface area contributed by atoms with Crippen molar-refractivity contribution in [2.24, 2.45) is 5.92 Å². The highest BCUT2D eigenvalue weighted by molar-refractivity contribution is 5.85. The van der Waals surface area contributed by atoms with E-state index in [-0.39, 0.29) is 11.8 Å². The van der Waals surface area contributed by atoms with Crippen molar-refractivity contribution < 1.29 is 14.7 Å². The molecule has 4 heteroatoms. The van der Waals surface area contributed by atoms with E-state index >= 15 is 0 Å². The molecular weight excluding hydrogens is 182 g/mol. The summed E-state index contributed by atoms with van der Waals surface area (Å²) in [5.74, 6) is -1.46. The summed E-state index contributed by atoms with van der Waals surface area (Å²) in [6.07, 6.45) is 4.93. The molecule has 1 radical (unpaired) electrons. The Labute approximate surface area is 83.0 Å². The molecule has 1 aliphatic rings. The van der Waals surface area contributed by atoms with E-state index < -0.39 is 12.0 Å². The minimum atomic E-state index is -1.12. The quantitative estimate of drug-likeness (QED) is 0.680. The van der Waals surface area contributed by atoms with Crippen molar-refractivity contribution in [1.29, 1.82) is 0 Å². The lowest BCUT2D eigenvalue weighted by molar-refractivity contribution is -0.141. The predicted molar refractivity (Wildman–Crippen MR) is 50.7 cm³/mol. The maximum absolute atomic E-state index is 11.4. The van der Waals surface area contributed by atoms with E-state index in [2.05, 4.69) is 11.9 Å². The van der Waals surface area contributed by atoms with Crippen LogP contribution in [0.3, 0.4) is 0 Å². The number of hydrogen-bond acceptors (Lipinski definition) is 2. The molecule has 0 aromatic heterocycles. The Morgan fingerprint density at radius 3 is 2.43 bits per heavy atom. The lowest BCUT2D eigenvalue weighted by atomic mass is 10.1. The second-order valence-corrected chi connectivity index (χ2v) is 3.47. The smallest absolute Gasteiger partial charge is 0.332 e. The average Bonchev–Trinajstić information content (AvgIpc) is 2.65. The maximum Gasteiger partial charge on any atom is 0.332 e. The van der Waals surface area contributed by atoms with Crippen molar-refractivity contribution in [3.05, 3.63) is 12.7 Å². The van der Waals surface area contributed by atoms with Gasteiger partial charge in [0, 0.05) is 5.92 Å². The van der Waals surface area contributed by atoms with Gasteiger partial charge in [0.1, 0.15) is 0 Å². The summed E-state index contributed by atoms with van der Waals surface area (Å²) in [6.45, 7) is 3.34. The zero-order valence-electron chi connectivity index (χ0n) is 7.98. The number of amides is 1. The topological polar surface area (TPSA) is 68.5 Å². The summed E-state index contributed by atoms with van der Waals surface area (Å²) in [5.41, 5.74) is 0. The monoisotopic (exact) mass is 196 g/mol. The molecule has 1 amide bonds. The van der Waals surface area contributed by atoms with Gasteiger partial charge in [0.05, 0.1) is 0 Å². The van der Waals surface area contributed by atoms with Gasteiger partial charge < -0.3 is 5.11 Å². The summed E-state index contributed by atoms with van der Waals surface area (Å²) < 4.78 is 0. The van der Waals surface area contributed by atoms with Crippen LogP contribution >= 0.6 is 0 Å². The van der Waals surface area contributed by atoms with Crippen LogP contribution in [0.1, 0.15) is 25.7 Å². The number of nitrogens with zero attached hydrogens (tertiary/aromatic N) is 1. The molecular formula is C10H14NO3. The highest BCUT2D eigenvalue weighted by Crippen LogP contribution is 2.25. The maximum atomic E-state index is 11.4. The molecule has 0 aromatic rings. The number of carbonyl (C=O) groups is 2. The van der Waals surface area contributed by atoms with Crippen molar-refractivity contribution in [2.45, 2.75) is 31.7 Å². The Morgan fingerprint density at radius 1 is 1.43 bits per heavy atom.